The first-order valence-corrected chi connectivity index (χ1v) is 9.74. The van der Waals surface area contributed by atoms with E-state index in [1.165, 1.54) is 19.1 Å². The highest BCUT2D eigenvalue weighted by Crippen LogP contribution is 2.11. The van der Waals surface area contributed by atoms with Crippen LogP contribution in [0.25, 0.3) is 0 Å². The fourth-order valence-electron chi connectivity index (χ4n) is 2.61. The largest absolute Gasteiger partial charge is 0.508 e. The molecule has 0 fully saturated rings. The number of benzene rings is 1. The van der Waals surface area contributed by atoms with Crippen LogP contribution in [0.15, 0.2) is 24.3 Å². The van der Waals surface area contributed by atoms with Crippen LogP contribution in [0.1, 0.15) is 26.3 Å². The van der Waals surface area contributed by atoms with Gasteiger partial charge >= 0.3 is 5.97 Å². The summed E-state index contributed by atoms with van der Waals surface area (Å²) in [5.41, 5.74) is 6.65. The number of nitrogens with one attached hydrogen (secondary N) is 3. The number of rotatable bonds is 11. The van der Waals surface area contributed by atoms with E-state index in [1.54, 1.807) is 26.0 Å². The van der Waals surface area contributed by atoms with Crippen LogP contribution in [0.3, 0.4) is 0 Å². The van der Waals surface area contributed by atoms with Gasteiger partial charge in [0.05, 0.1) is 12.6 Å². The van der Waals surface area contributed by atoms with E-state index in [9.17, 15) is 29.4 Å². The van der Waals surface area contributed by atoms with E-state index in [4.69, 9.17) is 10.8 Å². The summed E-state index contributed by atoms with van der Waals surface area (Å²) in [7, 11) is 0. The van der Waals surface area contributed by atoms with Crippen LogP contribution in [0, 0.1) is 5.92 Å². The Morgan fingerprint density at radius 2 is 1.52 bits per heavy atom. The first kappa shape index (κ1) is 25.9. The second kappa shape index (κ2) is 11.9. The number of aromatic hydroxyl groups is 1. The maximum absolute atomic E-state index is 12.6. The summed E-state index contributed by atoms with van der Waals surface area (Å²) in [5.74, 6) is -3.75. The van der Waals surface area contributed by atoms with Crippen molar-refractivity contribution < 1.29 is 34.5 Å². The van der Waals surface area contributed by atoms with Crippen LogP contribution in [-0.4, -0.2) is 69.8 Å². The topological polar surface area (TPSA) is 191 Å². The molecule has 3 amide bonds. The fraction of sp³-hybridized carbons (Fsp3) is 0.500. The van der Waals surface area contributed by atoms with Crippen molar-refractivity contribution in [2.75, 3.05) is 6.61 Å². The summed E-state index contributed by atoms with van der Waals surface area (Å²) in [5, 5.41) is 34.6. The number of carbonyl (C=O) groups excluding carboxylic acids is 3. The van der Waals surface area contributed by atoms with Crippen molar-refractivity contribution in [2.24, 2.45) is 11.7 Å². The Kier molecular flexibility index (Phi) is 9.90. The van der Waals surface area contributed by atoms with Gasteiger partial charge in [0.15, 0.2) is 0 Å². The first-order chi connectivity index (χ1) is 14.5. The van der Waals surface area contributed by atoms with E-state index in [2.05, 4.69) is 16.0 Å². The zero-order valence-corrected chi connectivity index (χ0v) is 17.7. The SMILES string of the molecule is CC(NC(=O)C(CO)NC(=O)C(NC(=O)C(N)Cc1ccc(O)cc1)C(C)C)C(=O)O. The van der Waals surface area contributed by atoms with E-state index >= 15 is 0 Å². The van der Waals surface area contributed by atoms with Crippen molar-refractivity contribution in [3.63, 3.8) is 0 Å². The Balaban J connectivity index is 2.76. The standard InChI is InChI=1S/C20H30N4O7/c1-10(2)16(19(29)23-15(9-25)18(28)22-11(3)20(30)31)24-17(27)14(21)8-12-4-6-13(26)7-5-12/h4-7,10-11,14-16,25-26H,8-9,21H2,1-3H3,(H,22,28)(H,23,29)(H,24,27)(H,30,31). The number of nitrogens with two attached hydrogens (primary N) is 1. The number of carboxylic acid groups (broad SMARTS) is 1. The Bertz CT molecular complexity index is 782. The summed E-state index contributed by atoms with van der Waals surface area (Å²) < 4.78 is 0. The summed E-state index contributed by atoms with van der Waals surface area (Å²) in [6, 6.07) is 1.57. The zero-order chi connectivity index (χ0) is 23.7. The van der Waals surface area contributed by atoms with Gasteiger partial charge in [0, 0.05) is 0 Å². The third kappa shape index (κ3) is 8.22. The molecule has 0 saturated carbocycles. The molecule has 1 rings (SSSR count). The van der Waals surface area contributed by atoms with Gasteiger partial charge in [-0.05, 0) is 37.0 Å². The Labute approximate surface area is 180 Å². The maximum atomic E-state index is 12.6. The number of aliphatic carboxylic acids is 1. The molecule has 0 bridgehead atoms. The number of carboxylic acids is 1. The average molecular weight is 438 g/mol. The van der Waals surface area contributed by atoms with Crippen molar-refractivity contribution >= 4 is 23.7 Å². The zero-order valence-electron chi connectivity index (χ0n) is 17.7. The van der Waals surface area contributed by atoms with Gasteiger partial charge < -0.3 is 37.0 Å². The summed E-state index contributed by atoms with van der Waals surface area (Å²) in [4.78, 5) is 48.1. The molecule has 0 aliphatic heterocycles. The Hall–Kier alpha value is -3.18. The second-order valence-electron chi connectivity index (χ2n) is 7.52. The molecule has 4 atom stereocenters. The molecule has 1 aromatic rings. The molecule has 31 heavy (non-hydrogen) atoms. The highest BCUT2D eigenvalue weighted by molar-refractivity contribution is 5.94. The van der Waals surface area contributed by atoms with Crippen LogP contribution in [0.5, 0.6) is 5.75 Å². The van der Waals surface area contributed by atoms with Gasteiger partial charge in [-0.1, -0.05) is 26.0 Å². The van der Waals surface area contributed by atoms with E-state index in [1.807, 2.05) is 0 Å². The number of hydrogen-bond acceptors (Lipinski definition) is 7. The van der Waals surface area contributed by atoms with E-state index in [-0.39, 0.29) is 18.1 Å². The molecule has 0 aromatic heterocycles. The van der Waals surface area contributed by atoms with Crippen molar-refractivity contribution in [2.45, 2.75) is 51.4 Å². The molecule has 0 spiro atoms. The lowest BCUT2D eigenvalue weighted by Crippen LogP contribution is -2.59. The predicted octanol–water partition coefficient (Wildman–Crippen LogP) is -1.53. The van der Waals surface area contributed by atoms with Crippen LogP contribution in [-0.2, 0) is 25.6 Å². The van der Waals surface area contributed by atoms with Gasteiger partial charge in [0.25, 0.3) is 0 Å². The smallest absolute Gasteiger partial charge is 0.325 e. The van der Waals surface area contributed by atoms with Crippen molar-refractivity contribution in [3.05, 3.63) is 29.8 Å². The maximum Gasteiger partial charge on any atom is 0.325 e. The van der Waals surface area contributed by atoms with E-state index < -0.39 is 54.5 Å². The van der Waals surface area contributed by atoms with Crippen LogP contribution in [0.2, 0.25) is 0 Å². The second-order valence-corrected chi connectivity index (χ2v) is 7.52. The molecule has 0 heterocycles. The lowest BCUT2D eigenvalue weighted by molar-refractivity contribution is -0.142. The normalized spacial score (nSPS) is 14.8. The first-order valence-electron chi connectivity index (χ1n) is 9.74. The summed E-state index contributed by atoms with van der Waals surface area (Å²) in [6.07, 6.45) is 0.174. The molecule has 172 valence electrons. The number of phenols is 1. The van der Waals surface area contributed by atoms with Crippen molar-refractivity contribution in [3.8, 4) is 5.75 Å². The van der Waals surface area contributed by atoms with Crippen molar-refractivity contribution in [1.29, 1.82) is 0 Å². The number of phenolic OH excluding ortho intramolecular Hbond substituents is 1. The molecule has 0 saturated heterocycles. The predicted molar refractivity (Wildman–Crippen MR) is 111 cm³/mol. The van der Waals surface area contributed by atoms with Gasteiger partial charge in [-0.25, -0.2) is 0 Å². The minimum absolute atomic E-state index is 0.0820. The number of aliphatic hydroxyl groups is 1. The molecule has 8 N–H and O–H groups in total. The number of aliphatic hydroxyl groups excluding tert-OH is 1. The van der Waals surface area contributed by atoms with Gasteiger partial charge in [-0.3, -0.25) is 19.2 Å². The third-order valence-electron chi connectivity index (χ3n) is 4.52. The lowest BCUT2D eigenvalue weighted by atomic mass is 10.0. The van der Waals surface area contributed by atoms with Crippen molar-refractivity contribution in [1.82, 2.24) is 16.0 Å². The van der Waals surface area contributed by atoms with E-state index in [0.717, 1.165) is 5.56 Å². The van der Waals surface area contributed by atoms with Gasteiger partial charge in [-0.15, -0.1) is 0 Å². The van der Waals surface area contributed by atoms with Crippen LogP contribution >= 0.6 is 0 Å². The summed E-state index contributed by atoms with van der Waals surface area (Å²) >= 11 is 0. The fourth-order valence-corrected chi connectivity index (χ4v) is 2.61. The molecule has 0 aliphatic rings. The van der Waals surface area contributed by atoms with Crippen LogP contribution < -0.4 is 21.7 Å². The van der Waals surface area contributed by atoms with Gasteiger partial charge in [0.1, 0.15) is 23.9 Å². The monoisotopic (exact) mass is 438 g/mol. The molecular weight excluding hydrogens is 408 g/mol. The average Bonchev–Trinajstić information content (AvgIpc) is 2.70. The molecule has 11 heteroatoms. The number of carbonyl (C=O) groups is 4. The molecule has 0 aliphatic carbocycles. The lowest BCUT2D eigenvalue weighted by Gasteiger charge is -2.26. The molecule has 0 radical (unpaired) electrons. The molecule has 1 aromatic carbocycles. The van der Waals surface area contributed by atoms with E-state index in [0.29, 0.717) is 0 Å². The molecular formula is C20H30N4O7. The Morgan fingerprint density at radius 3 is 2.00 bits per heavy atom. The van der Waals surface area contributed by atoms with Gasteiger partial charge in [0.2, 0.25) is 17.7 Å². The summed E-state index contributed by atoms with van der Waals surface area (Å²) in [6.45, 7) is 3.83. The quantitative estimate of drug-likeness (QED) is 0.216. The highest BCUT2D eigenvalue weighted by atomic mass is 16.4. The highest BCUT2D eigenvalue weighted by Gasteiger charge is 2.30. The Morgan fingerprint density at radius 1 is 0.935 bits per heavy atom. The van der Waals surface area contributed by atoms with Crippen LogP contribution in [0.4, 0.5) is 0 Å². The minimum atomic E-state index is -1.39. The van der Waals surface area contributed by atoms with Gasteiger partial charge in [-0.2, -0.15) is 0 Å². The third-order valence-corrected chi connectivity index (χ3v) is 4.52. The molecule has 4 unspecified atom stereocenters. The minimum Gasteiger partial charge on any atom is -0.508 e. The number of amides is 3. The number of hydrogen-bond donors (Lipinski definition) is 7. The molecule has 11 nitrogen and oxygen atoms in total.